The molecule has 0 radical (unpaired) electrons. The Labute approximate surface area is 279 Å². The fourth-order valence-corrected chi connectivity index (χ4v) is 4.99. The van der Waals surface area contributed by atoms with Gasteiger partial charge in [0.05, 0.1) is 23.8 Å². The molecular weight excluding hydrogens is 598 g/mol. The van der Waals surface area contributed by atoms with Gasteiger partial charge < -0.3 is 14.2 Å². The number of carbonyl (C=O) groups excluding carboxylic acids is 2. The molecule has 0 aromatic heterocycles. The predicted molar refractivity (Wildman–Crippen MR) is 182 cm³/mol. The van der Waals surface area contributed by atoms with Crippen LogP contribution in [0, 0.1) is 23.5 Å². The monoisotopic (exact) mass is 646 g/mol. The zero-order chi connectivity index (χ0) is 33.9. The molecule has 3 aromatic carbocycles. The van der Waals surface area contributed by atoms with Crippen molar-refractivity contribution in [3.05, 3.63) is 94.6 Å². The molecule has 0 aliphatic carbocycles. The van der Waals surface area contributed by atoms with Crippen molar-refractivity contribution in [2.75, 3.05) is 6.61 Å². The Morgan fingerprint density at radius 2 is 1.21 bits per heavy atom. The second kappa shape index (κ2) is 20.8. The first kappa shape index (κ1) is 37.3. The van der Waals surface area contributed by atoms with Crippen molar-refractivity contribution in [3.8, 4) is 23.3 Å². The first-order chi connectivity index (χ1) is 22.8. The van der Waals surface area contributed by atoms with Crippen LogP contribution in [-0.4, -0.2) is 24.6 Å². The number of rotatable bonds is 19. The van der Waals surface area contributed by atoms with E-state index in [1.165, 1.54) is 69.2 Å². The summed E-state index contributed by atoms with van der Waals surface area (Å²) in [4.78, 5) is 25.0. The minimum Gasteiger partial charge on any atom is -0.490 e. The molecule has 0 spiro atoms. The van der Waals surface area contributed by atoms with Crippen molar-refractivity contribution in [1.82, 2.24) is 0 Å². The number of hydrogen-bond donors (Lipinski definition) is 0. The van der Waals surface area contributed by atoms with Gasteiger partial charge in [-0.05, 0) is 86.8 Å². The third-order valence-electron chi connectivity index (χ3n) is 7.83. The van der Waals surface area contributed by atoms with Gasteiger partial charge in [-0.25, -0.2) is 14.0 Å². The van der Waals surface area contributed by atoms with Crippen molar-refractivity contribution >= 4 is 11.9 Å². The molecule has 252 valence electrons. The summed E-state index contributed by atoms with van der Waals surface area (Å²) in [6.45, 7) is 6.55. The largest absolute Gasteiger partial charge is 0.490 e. The number of benzene rings is 3. The highest BCUT2D eigenvalue weighted by molar-refractivity contribution is 5.91. The second-order valence-corrected chi connectivity index (χ2v) is 11.9. The summed E-state index contributed by atoms with van der Waals surface area (Å²) in [7, 11) is 0. The third kappa shape index (κ3) is 13.2. The van der Waals surface area contributed by atoms with Crippen LogP contribution in [0.1, 0.15) is 136 Å². The number of unbranched alkanes of at least 4 members (excludes halogenated alkanes) is 10. The van der Waals surface area contributed by atoms with Gasteiger partial charge in [-0.15, -0.1) is 0 Å². The number of esters is 2. The molecule has 7 heteroatoms. The van der Waals surface area contributed by atoms with E-state index in [-0.39, 0.29) is 30.2 Å². The Morgan fingerprint density at radius 1 is 0.660 bits per heavy atom. The van der Waals surface area contributed by atoms with E-state index in [2.05, 4.69) is 25.7 Å². The Kier molecular flexibility index (Phi) is 16.5. The number of ether oxygens (including phenoxy) is 3. The van der Waals surface area contributed by atoms with Gasteiger partial charge in [0.25, 0.3) is 0 Å². The van der Waals surface area contributed by atoms with Gasteiger partial charge in [0.1, 0.15) is 5.75 Å². The molecule has 0 heterocycles. The predicted octanol–water partition coefficient (Wildman–Crippen LogP) is 10.6. The quantitative estimate of drug-likeness (QED) is 0.0561. The SMILES string of the molecule is CCCCCCCCCCOc1ccc(C(=O)Oc2ccc(C#Cc3ccc(C(=O)OC(C)CCCCCC)cc3)cc2)c(F)c1F. The minimum absolute atomic E-state index is 0.129. The molecule has 0 amide bonds. The molecule has 0 N–H and O–H groups in total. The molecule has 0 saturated carbocycles. The van der Waals surface area contributed by atoms with Crippen LogP contribution in [0.3, 0.4) is 0 Å². The molecule has 0 aliphatic heterocycles. The van der Waals surface area contributed by atoms with Gasteiger partial charge in [0, 0.05) is 11.1 Å². The summed E-state index contributed by atoms with van der Waals surface area (Å²) < 4.78 is 45.6. The highest BCUT2D eigenvalue weighted by atomic mass is 19.2. The number of halogens is 2. The van der Waals surface area contributed by atoms with E-state index in [1.54, 1.807) is 36.4 Å². The minimum atomic E-state index is -1.30. The van der Waals surface area contributed by atoms with Crippen molar-refractivity contribution in [2.24, 2.45) is 0 Å². The van der Waals surface area contributed by atoms with Gasteiger partial charge in [0.2, 0.25) is 5.82 Å². The molecule has 0 aliphatic rings. The average molecular weight is 647 g/mol. The third-order valence-corrected chi connectivity index (χ3v) is 7.83. The second-order valence-electron chi connectivity index (χ2n) is 11.9. The molecule has 5 nitrogen and oxygen atoms in total. The summed E-state index contributed by atoms with van der Waals surface area (Å²) in [5.41, 5.74) is 1.33. The highest BCUT2D eigenvalue weighted by Gasteiger charge is 2.21. The topological polar surface area (TPSA) is 61.8 Å². The maximum Gasteiger partial charge on any atom is 0.346 e. The summed E-state index contributed by atoms with van der Waals surface area (Å²) >= 11 is 0. The first-order valence-electron chi connectivity index (χ1n) is 17.1. The maximum absolute atomic E-state index is 14.7. The molecule has 47 heavy (non-hydrogen) atoms. The Bertz CT molecular complexity index is 1450. The van der Waals surface area contributed by atoms with Gasteiger partial charge >= 0.3 is 11.9 Å². The molecule has 3 rings (SSSR count). The van der Waals surface area contributed by atoms with Crippen molar-refractivity contribution in [3.63, 3.8) is 0 Å². The van der Waals surface area contributed by atoms with E-state index in [9.17, 15) is 18.4 Å². The Balaban J connectivity index is 1.46. The summed E-state index contributed by atoms with van der Waals surface area (Å²) in [6, 6.07) is 15.7. The number of carbonyl (C=O) groups is 2. The van der Waals surface area contributed by atoms with Crippen LogP contribution < -0.4 is 9.47 Å². The lowest BCUT2D eigenvalue weighted by atomic mass is 10.1. The maximum atomic E-state index is 14.7. The zero-order valence-electron chi connectivity index (χ0n) is 28.0. The average Bonchev–Trinajstić information content (AvgIpc) is 3.07. The molecule has 0 fully saturated rings. The Hall–Kier alpha value is -4.18. The summed E-state index contributed by atoms with van der Waals surface area (Å²) in [6.07, 6.45) is 14.2. The van der Waals surface area contributed by atoms with Crippen LogP contribution in [-0.2, 0) is 4.74 Å². The van der Waals surface area contributed by atoms with Crippen molar-refractivity contribution < 1.29 is 32.6 Å². The molecule has 0 bridgehead atoms. The van der Waals surface area contributed by atoms with Crippen LogP contribution in [0.5, 0.6) is 11.5 Å². The van der Waals surface area contributed by atoms with Crippen LogP contribution in [0.15, 0.2) is 60.7 Å². The van der Waals surface area contributed by atoms with E-state index in [0.29, 0.717) is 16.7 Å². The fourth-order valence-electron chi connectivity index (χ4n) is 4.99. The normalized spacial score (nSPS) is 11.3. The molecule has 3 aromatic rings. The smallest absolute Gasteiger partial charge is 0.346 e. The lowest BCUT2D eigenvalue weighted by Crippen LogP contribution is -2.15. The van der Waals surface area contributed by atoms with Crippen molar-refractivity contribution in [1.29, 1.82) is 0 Å². The van der Waals surface area contributed by atoms with Gasteiger partial charge in [-0.2, -0.15) is 4.39 Å². The molecule has 1 atom stereocenters. The van der Waals surface area contributed by atoms with Crippen LogP contribution >= 0.6 is 0 Å². The zero-order valence-corrected chi connectivity index (χ0v) is 28.0. The molecule has 1 unspecified atom stereocenters. The van der Waals surface area contributed by atoms with Crippen LogP contribution in [0.4, 0.5) is 8.78 Å². The highest BCUT2D eigenvalue weighted by Crippen LogP contribution is 2.25. The Morgan fingerprint density at radius 3 is 1.83 bits per heavy atom. The first-order valence-corrected chi connectivity index (χ1v) is 17.1. The summed E-state index contributed by atoms with van der Waals surface area (Å²) in [5, 5.41) is 0. The number of hydrogen-bond acceptors (Lipinski definition) is 5. The van der Waals surface area contributed by atoms with E-state index in [1.807, 2.05) is 6.92 Å². The van der Waals surface area contributed by atoms with E-state index in [4.69, 9.17) is 14.2 Å². The van der Waals surface area contributed by atoms with Gasteiger partial charge in [0.15, 0.2) is 11.6 Å². The molecule has 0 saturated heterocycles. The fraction of sp³-hybridized carbons (Fsp3) is 0.450. The van der Waals surface area contributed by atoms with E-state index >= 15 is 0 Å². The van der Waals surface area contributed by atoms with Crippen LogP contribution in [0.2, 0.25) is 0 Å². The van der Waals surface area contributed by atoms with E-state index < -0.39 is 23.2 Å². The van der Waals surface area contributed by atoms with Gasteiger partial charge in [-0.3, -0.25) is 0 Å². The lowest BCUT2D eigenvalue weighted by Gasteiger charge is -2.13. The lowest BCUT2D eigenvalue weighted by molar-refractivity contribution is 0.0319. The van der Waals surface area contributed by atoms with Gasteiger partial charge in [-0.1, -0.05) is 89.9 Å². The standard InChI is InChI=1S/C40H48F2O5/c1-4-6-8-10-11-12-13-15-29-45-36-28-27-35(37(41)38(36)42)40(44)47-34-25-21-32(22-26-34)18-17-31-19-23-33(24-20-31)39(43)46-30(3)16-14-9-7-5-2/h19-28,30H,4-16,29H2,1-3H3. The molecular formula is C40H48F2O5. The summed E-state index contributed by atoms with van der Waals surface area (Å²) in [5.74, 6) is 2.12. The van der Waals surface area contributed by atoms with Crippen LogP contribution in [0.25, 0.3) is 0 Å². The van der Waals surface area contributed by atoms with Crippen molar-refractivity contribution in [2.45, 2.75) is 110 Å². The van der Waals surface area contributed by atoms with E-state index in [0.717, 1.165) is 38.5 Å².